The van der Waals surface area contributed by atoms with Gasteiger partial charge in [0.05, 0.1) is 6.10 Å². The summed E-state index contributed by atoms with van der Waals surface area (Å²) in [5, 5.41) is 9.99. The second-order valence-corrected chi connectivity index (χ2v) is 3.18. The molecule has 1 aromatic rings. The van der Waals surface area contributed by atoms with Gasteiger partial charge in [0, 0.05) is 17.1 Å². The minimum absolute atomic E-state index is 0.198. The van der Waals surface area contributed by atoms with Gasteiger partial charge in [-0.05, 0) is 13.0 Å². The summed E-state index contributed by atoms with van der Waals surface area (Å²) in [5.74, 6) is 0. The van der Waals surface area contributed by atoms with Crippen molar-refractivity contribution in [2.45, 2.75) is 13.0 Å². The van der Waals surface area contributed by atoms with E-state index in [0.717, 1.165) is 5.56 Å². The zero-order chi connectivity index (χ0) is 9.14. The van der Waals surface area contributed by atoms with Crippen molar-refractivity contribution in [1.29, 1.82) is 0 Å². The predicted octanol–water partition coefficient (Wildman–Crippen LogP) is 1.64. The minimum Gasteiger partial charge on any atom is -0.387 e. The lowest BCUT2D eigenvalue weighted by atomic mass is 10.1. The Hall–Kier alpha value is -0.570. The van der Waals surface area contributed by atoms with E-state index in [1.807, 2.05) is 19.1 Å². The Bertz CT molecular complexity index is 275. The molecule has 0 spiro atoms. The van der Waals surface area contributed by atoms with Crippen molar-refractivity contribution < 1.29 is 5.11 Å². The number of aryl methyl sites for hydroxylation is 1. The Balaban J connectivity index is 3.04. The van der Waals surface area contributed by atoms with Crippen LogP contribution < -0.4 is 5.73 Å². The lowest BCUT2D eigenvalue weighted by molar-refractivity contribution is 0.187. The number of halogens is 1. The van der Waals surface area contributed by atoms with E-state index in [9.17, 15) is 5.11 Å². The molecule has 0 saturated heterocycles. The first kappa shape index (κ1) is 9.52. The van der Waals surface area contributed by atoms with Crippen LogP contribution in [0.4, 0.5) is 0 Å². The van der Waals surface area contributed by atoms with Gasteiger partial charge in [0.2, 0.25) is 0 Å². The first-order valence-electron chi connectivity index (χ1n) is 3.79. The molecule has 0 aliphatic carbocycles. The summed E-state index contributed by atoms with van der Waals surface area (Å²) in [6.45, 7) is 2.15. The number of benzene rings is 1. The molecule has 2 nitrogen and oxygen atoms in total. The molecule has 1 aromatic carbocycles. The average molecular weight is 186 g/mol. The van der Waals surface area contributed by atoms with Gasteiger partial charge in [0.15, 0.2) is 0 Å². The van der Waals surface area contributed by atoms with E-state index in [-0.39, 0.29) is 6.54 Å². The molecular weight excluding hydrogens is 174 g/mol. The van der Waals surface area contributed by atoms with E-state index in [0.29, 0.717) is 10.6 Å². The quantitative estimate of drug-likeness (QED) is 0.736. The summed E-state index contributed by atoms with van der Waals surface area (Å²) in [5.41, 5.74) is 7.09. The van der Waals surface area contributed by atoms with Crippen LogP contribution in [0.25, 0.3) is 0 Å². The Kier molecular flexibility index (Phi) is 3.09. The van der Waals surface area contributed by atoms with Crippen LogP contribution in [0, 0.1) is 6.92 Å². The van der Waals surface area contributed by atoms with Gasteiger partial charge in [0.1, 0.15) is 0 Å². The van der Waals surface area contributed by atoms with Crippen molar-refractivity contribution in [3.8, 4) is 0 Å². The number of rotatable bonds is 2. The van der Waals surface area contributed by atoms with E-state index in [1.165, 1.54) is 0 Å². The molecule has 1 atom stereocenters. The van der Waals surface area contributed by atoms with Crippen molar-refractivity contribution in [2.75, 3.05) is 6.54 Å². The van der Waals surface area contributed by atoms with Crippen molar-refractivity contribution in [3.63, 3.8) is 0 Å². The lowest BCUT2D eigenvalue weighted by Gasteiger charge is -2.10. The maximum atomic E-state index is 9.43. The maximum absolute atomic E-state index is 9.43. The Morgan fingerprint density at radius 1 is 1.58 bits per heavy atom. The molecule has 0 saturated carbocycles. The summed E-state index contributed by atoms with van der Waals surface area (Å²) in [6, 6.07) is 5.51. The molecule has 0 aliphatic heterocycles. The van der Waals surface area contributed by atoms with Crippen LogP contribution in [0.1, 0.15) is 17.2 Å². The Morgan fingerprint density at radius 2 is 2.25 bits per heavy atom. The zero-order valence-electron chi connectivity index (χ0n) is 6.92. The van der Waals surface area contributed by atoms with E-state index >= 15 is 0 Å². The molecule has 0 radical (unpaired) electrons. The molecule has 0 bridgehead atoms. The first-order chi connectivity index (χ1) is 5.65. The number of hydrogen-bond donors (Lipinski definition) is 2. The standard InChI is InChI=1S/C9H12ClNO/c1-6-2-3-8(10)7(4-6)9(12)5-11/h2-4,9,12H,5,11H2,1H3. The van der Waals surface area contributed by atoms with Gasteiger partial charge >= 0.3 is 0 Å². The van der Waals surface area contributed by atoms with Gasteiger partial charge in [-0.1, -0.05) is 29.3 Å². The topological polar surface area (TPSA) is 46.2 Å². The zero-order valence-corrected chi connectivity index (χ0v) is 7.67. The van der Waals surface area contributed by atoms with Crippen molar-refractivity contribution in [3.05, 3.63) is 34.3 Å². The van der Waals surface area contributed by atoms with Gasteiger partial charge in [-0.25, -0.2) is 0 Å². The van der Waals surface area contributed by atoms with Crippen LogP contribution in [0.2, 0.25) is 5.02 Å². The SMILES string of the molecule is Cc1ccc(Cl)c(C(O)CN)c1. The minimum atomic E-state index is -0.655. The van der Waals surface area contributed by atoms with Crippen molar-refractivity contribution in [2.24, 2.45) is 5.73 Å². The summed E-state index contributed by atoms with van der Waals surface area (Å²) >= 11 is 5.85. The fourth-order valence-electron chi connectivity index (χ4n) is 1.05. The van der Waals surface area contributed by atoms with Gasteiger partial charge in [-0.3, -0.25) is 0 Å². The monoisotopic (exact) mass is 185 g/mol. The van der Waals surface area contributed by atoms with Crippen LogP contribution in [-0.4, -0.2) is 11.7 Å². The highest BCUT2D eigenvalue weighted by atomic mass is 35.5. The second-order valence-electron chi connectivity index (χ2n) is 2.78. The number of nitrogens with two attached hydrogens (primary N) is 1. The number of aliphatic hydroxyl groups is 1. The highest BCUT2D eigenvalue weighted by Gasteiger charge is 2.08. The Labute approximate surface area is 77.0 Å². The number of aliphatic hydroxyl groups excluding tert-OH is 1. The van der Waals surface area contributed by atoms with Crippen LogP contribution in [0.5, 0.6) is 0 Å². The molecule has 66 valence electrons. The smallest absolute Gasteiger partial charge is 0.0926 e. The van der Waals surface area contributed by atoms with E-state index in [2.05, 4.69) is 0 Å². The van der Waals surface area contributed by atoms with E-state index in [1.54, 1.807) is 6.07 Å². The highest BCUT2D eigenvalue weighted by Crippen LogP contribution is 2.23. The third kappa shape index (κ3) is 1.97. The molecule has 1 unspecified atom stereocenters. The van der Waals surface area contributed by atoms with Gasteiger partial charge < -0.3 is 10.8 Å². The molecule has 0 fully saturated rings. The van der Waals surface area contributed by atoms with Gasteiger partial charge in [-0.2, -0.15) is 0 Å². The highest BCUT2D eigenvalue weighted by molar-refractivity contribution is 6.31. The number of hydrogen-bond acceptors (Lipinski definition) is 2. The normalized spacial score (nSPS) is 13.0. The summed E-state index contributed by atoms with van der Waals surface area (Å²) < 4.78 is 0. The van der Waals surface area contributed by atoms with Crippen molar-refractivity contribution >= 4 is 11.6 Å². The molecule has 0 aliphatic rings. The van der Waals surface area contributed by atoms with Gasteiger partial charge in [-0.15, -0.1) is 0 Å². The fraction of sp³-hybridized carbons (Fsp3) is 0.333. The Morgan fingerprint density at radius 3 is 2.83 bits per heavy atom. The van der Waals surface area contributed by atoms with Crippen LogP contribution in [0.15, 0.2) is 18.2 Å². The molecular formula is C9H12ClNO. The predicted molar refractivity (Wildman–Crippen MR) is 50.2 cm³/mol. The third-order valence-corrected chi connectivity index (χ3v) is 2.08. The van der Waals surface area contributed by atoms with Gasteiger partial charge in [0.25, 0.3) is 0 Å². The summed E-state index contributed by atoms with van der Waals surface area (Å²) in [6.07, 6.45) is -0.655. The molecule has 0 aromatic heterocycles. The van der Waals surface area contributed by atoms with E-state index < -0.39 is 6.10 Å². The maximum Gasteiger partial charge on any atom is 0.0926 e. The summed E-state index contributed by atoms with van der Waals surface area (Å²) in [7, 11) is 0. The average Bonchev–Trinajstić information content (AvgIpc) is 2.08. The van der Waals surface area contributed by atoms with Crippen LogP contribution >= 0.6 is 11.6 Å². The second kappa shape index (κ2) is 3.90. The molecule has 3 N–H and O–H groups in total. The molecule has 0 amide bonds. The third-order valence-electron chi connectivity index (χ3n) is 1.73. The fourth-order valence-corrected chi connectivity index (χ4v) is 1.29. The lowest BCUT2D eigenvalue weighted by Crippen LogP contribution is -2.12. The van der Waals surface area contributed by atoms with Crippen molar-refractivity contribution in [1.82, 2.24) is 0 Å². The molecule has 1 rings (SSSR count). The molecule has 3 heteroatoms. The van der Waals surface area contributed by atoms with Crippen LogP contribution in [-0.2, 0) is 0 Å². The largest absolute Gasteiger partial charge is 0.387 e. The van der Waals surface area contributed by atoms with E-state index in [4.69, 9.17) is 17.3 Å². The molecule has 12 heavy (non-hydrogen) atoms. The molecule has 0 heterocycles. The van der Waals surface area contributed by atoms with Crippen LogP contribution in [0.3, 0.4) is 0 Å². The first-order valence-corrected chi connectivity index (χ1v) is 4.17. The summed E-state index contributed by atoms with van der Waals surface area (Å²) in [4.78, 5) is 0.